The summed E-state index contributed by atoms with van der Waals surface area (Å²) in [5.41, 5.74) is 4.06. The van der Waals surface area contributed by atoms with E-state index >= 15 is 0 Å². The van der Waals surface area contributed by atoms with Crippen LogP contribution in [0.25, 0.3) is 32.6 Å². The monoisotopic (exact) mass is 379 g/mol. The first-order valence-corrected chi connectivity index (χ1v) is 9.32. The van der Waals surface area contributed by atoms with Crippen LogP contribution in [0.2, 0.25) is 5.02 Å². The van der Waals surface area contributed by atoms with E-state index in [2.05, 4.69) is 0 Å². The van der Waals surface area contributed by atoms with Crippen LogP contribution in [0.1, 0.15) is 5.56 Å². The molecule has 0 radical (unpaired) electrons. The van der Waals surface area contributed by atoms with Crippen LogP contribution in [0.3, 0.4) is 0 Å². The fourth-order valence-electron chi connectivity index (χ4n) is 3.15. The van der Waals surface area contributed by atoms with E-state index in [1.807, 2.05) is 60.0 Å². The first-order chi connectivity index (χ1) is 12.6. The van der Waals surface area contributed by atoms with Gasteiger partial charge in [0.15, 0.2) is 0 Å². The van der Waals surface area contributed by atoms with Gasteiger partial charge in [-0.3, -0.25) is 4.79 Å². The number of hydrogen-bond acceptors (Lipinski definition) is 3. The Morgan fingerprint density at radius 3 is 2.58 bits per heavy atom. The molecule has 0 aliphatic heterocycles. The van der Waals surface area contributed by atoms with Gasteiger partial charge >= 0.3 is 5.97 Å². The van der Waals surface area contributed by atoms with Crippen LogP contribution in [0.15, 0.2) is 66.0 Å². The number of benzene rings is 2. The standard InChI is InChI=1S/C21H14ClNO2S/c22-14-8-9-17-15(11-14)20(13-5-2-1-3-6-13)16(12-19(24)25)21(23-17)18-7-4-10-26-18/h1-11H,12H2,(H,24,25). The highest BCUT2D eigenvalue weighted by Crippen LogP contribution is 2.39. The molecule has 0 unspecified atom stereocenters. The maximum atomic E-state index is 11.6. The maximum absolute atomic E-state index is 11.6. The molecule has 26 heavy (non-hydrogen) atoms. The molecule has 0 aliphatic carbocycles. The number of carboxylic acid groups (broad SMARTS) is 1. The van der Waals surface area contributed by atoms with E-state index in [0.29, 0.717) is 10.6 Å². The van der Waals surface area contributed by atoms with Gasteiger partial charge < -0.3 is 5.11 Å². The van der Waals surface area contributed by atoms with Crippen molar-refractivity contribution < 1.29 is 9.90 Å². The number of carbonyl (C=O) groups is 1. The quantitative estimate of drug-likeness (QED) is 0.479. The Labute approximate surface area is 159 Å². The van der Waals surface area contributed by atoms with E-state index in [9.17, 15) is 9.90 Å². The van der Waals surface area contributed by atoms with Crippen LogP contribution >= 0.6 is 22.9 Å². The number of thiophene rings is 1. The lowest BCUT2D eigenvalue weighted by molar-refractivity contribution is -0.136. The number of aliphatic carboxylic acids is 1. The van der Waals surface area contributed by atoms with Crippen LogP contribution in [0, 0.1) is 0 Å². The van der Waals surface area contributed by atoms with Gasteiger partial charge in [-0.25, -0.2) is 4.98 Å². The second kappa shape index (κ2) is 6.90. The summed E-state index contributed by atoms with van der Waals surface area (Å²) in [6.07, 6.45) is -0.104. The lowest BCUT2D eigenvalue weighted by Crippen LogP contribution is -2.06. The number of pyridine rings is 1. The Balaban J connectivity index is 2.15. The molecule has 2 heterocycles. The van der Waals surface area contributed by atoms with Crippen molar-refractivity contribution in [1.82, 2.24) is 4.98 Å². The fraction of sp³-hybridized carbons (Fsp3) is 0.0476. The molecular weight excluding hydrogens is 366 g/mol. The molecule has 0 saturated heterocycles. The van der Waals surface area contributed by atoms with E-state index in [0.717, 1.165) is 32.6 Å². The van der Waals surface area contributed by atoms with Crippen molar-refractivity contribution in [2.45, 2.75) is 6.42 Å². The summed E-state index contributed by atoms with van der Waals surface area (Å²) in [4.78, 5) is 17.4. The van der Waals surface area contributed by atoms with Crippen molar-refractivity contribution in [3.8, 4) is 21.7 Å². The third-order valence-electron chi connectivity index (χ3n) is 4.19. The lowest BCUT2D eigenvalue weighted by Gasteiger charge is -2.16. The molecule has 128 valence electrons. The predicted molar refractivity (Wildman–Crippen MR) is 107 cm³/mol. The van der Waals surface area contributed by atoms with E-state index in [-0.39, 0.29) is 6.42 Å². The van der Waals surface area contributed by atoms with Crippen molar-refractivity contribution in [1.29, 1.82) is 0 Å². The fourth-order valence-corrected chi connectivity index (χ4v) is 4.06. The van der Waals surface area contributed by atoms with E-state index < -0.39 is 5.97 Å². The normalized spacial score (nSPS) is 11.0. The van der Waals surface area contributed by atoms with E-state index in [4.69, 9.17) is 16.6 Å². The summed E-state index contributed by atoms with van der Waals surface area (Å²) in [7, 11) is 0. The van der Waals surface area contributed by atoms with Gasteiger partial charge in [0, 0.05) is 10.4 Å². The SMILES string of the molecule is O=C(O)Cc1c(-c2cccs2)nc2ccc(Cl)cc2c1-c1ccccc1. The molecule has 0 aliphatic rings. The Hall–Kier alpha value is -2.69. The van der Waals surface area contributed by atoms with Crippen LogP contribution < -0.4 is 0 Å². The zero-order valence-corrected chi connectivity index (χ0v) is 15.2. The van der Waals surface area contributed by atoms with Crippen LogP contribution in [-0.2, 0) is 11.2 Å². The summed E-state index contributed by atoms with van der Waals surface area (Å²) < 4.78 is 0. The third kappa shape index (κ3) is 3.09. The van der Waals surface area contributed by atoms with Crippen molar-refractivity contribution in [2.24, 2.45) is 0 Å². The number of halogens is 1. The molecular formula is C21H14ClNO2S. The zero-order valence-electron chi connectivity index (χ0n) is 13.6. The summed E-state index contributed by atoms with van der Waals surface area (Å²) in [5.74, 6) is -0.886. The van der Waals surface area contributed by atoms with Gasteiger partial charge in [-0.1, -0.05) is 48.0 Å². The minimum atomic E-state index is -0.886. The summed E-state index contributed by atoms with van der Waals surface area (Å²) in [6.45, 7) is 0. The molecule has 0 amide bonds. The smallest absolute Gasteiger partial charge is 0.307 e. The average Bonchev–Trinajstić information content (AvgIpc) is 3.16. The molecule has 4 aromatic rings. The molecule has 0 bridgehead atoms. The Kier molecular flexibility index (Phi) is 4.45. The third-order valence-corrected chi connectivity index (χ3v) is 5.30. The largest absolute Gasteiger partial charge is 0.481 e. The van der Waals surface area contributed by atoms with Gasteiger partial charge in [0.05, 0.1) is 22.5 Å². The number of hydrogen-bond donors (Lipinski definition) is 1. The van der Waals surface area contributed by atoms with Crippen LogP contribution in [0.5, 0.6) is 0 Å². The Morgan fingerprint density at radius 2 is 1.88 bits per heavy atom. The molecule has 2 aromatic carbocycles. The minimum Gasteiger partial charge on any atom is -0.481 e. The van der Waals surface area contributed by atoms with Gasteiger partial charge in [-0.15, -0.1) is 11.3 Å². The average molecular weight is 380 g/mol. The molecule has 0 saturated carbocycles. The topological polar surface area (TPSA) is 50.2 Å². The highest BCUT2D eigenvalue weighted by Gasteiger charge is 2.20. The molecule has 3 nitrogen and oxygen atoms in total. The Bertz CT molecular complexity index is 1090. The molecule has 0 spiro atoms. The summed E-state index contributed by atoms with van der Waals surface area (Å²) >= 11 is 7.78. The second-order valence-electron chi connectivity index (χ2n) is 5.89. The minimum absolute atomic E-state index is 0.104. The molecule has 4 rings (SSSR count). The van der Waals surface area contributed by atoms with Crippen molar-refractivity contribution in [3.63, 3.8) is 0 Å². The molecule has 0 fully saturated rings. The molecule has 1 N–H and O–H groups in total. The maximum Gasteiger partial charge on any atom is 0.307 e. The number of aromatic nitrogens is 1. The second-order valence-corrected chi connectivity index (χ2v) is 7.27. The first-order valence-electron chi connectivity index (χ1n) is 8.06. The van der Waals surface area contributed by atoms with Crippen LogP contribution in [-0.4, -0.2) is 16.1 Å². The number of carboxylic acids is 1. The molecule has 2 aromatic heterocycles. The van der Waals surface area contributed by atoms with Crippen LogP contribution in [0.4, 0.5) is 0 Å². The Morgan fingerprint density at radius 1 is 1.08 bits per heavy atom. The van der Waals surface area contributed by atoms with E-state index in [1.54, 1.807) is 17.4 Å². The number of nitrogens with zero attached hydrogens (tertiary/aromatic N) is 1. The van der Waals surface area contributed by atoms with Gasteiger partial charge in [0.25, 0.3) is 0 Å². The number of fused-ring (bicyclic) bond motifs is 1. The van der Waals surface area contributed by atoms with Gasteiger partial charge in [0.1, 0.15) is 0 Å². The van der Waals surface area contributed by atoms with Crippen molar-refractivity contribution in [2.75, 3.05) is 0 Å². The van der Waals surface area contributed by atoms with Gasteiger partial charge in [-0.2, -0.15) is 0 Å². The summed E-state index contributed by atoms with van der Waals surface area (Å²) in [5, 5.41) is 13.0. The first kappa shape index (κ1) is 16.8. The lowest BCUT2D eigenvalue weighted by atomic mass is 9.92. The zero-order chi connectivity index (χ0) is 18.1. The molecule has 5 heteroatoms. The van der Waals surface area contributed by atoms with Gasteiger partial charge in [-0.05, 0) is 46.3 Å². The highest BCUT2D eigenvalue weighted by atomic mass is 35.5. The highest BCUT2D eigenvalue weighted by molar-refractivity contribution is 7.13. The van der Waals surface area contributed by atoms with Crippen molar-refractivity contribution >= 4 is 39.8 Å². The van der Waals surface area contributed by atoms with Gasteiger partial charge in [0.2, 0.25) is 0 Å². The molecule has 0 atom stereocenters. The van der Waals surface area contributed by atoms with E-state index in [1.165, 1.54) is 0 Å². The van der Waals surface area contributed by atoms with Crippen molar-refractivity contribution in [3.05, 3.63) is 76.6 Å². The predicted octanol–water partition coefficient (Wildman–Crippen LogP) is 5.91. The summed E-state index contributed by atoms with van der Waals surface area (Å²) in [6, 6.07) is 19.3. The number of rotatable bonds is 4.